The lowest BCUT2D eigenvalue weighted by Gasteiger charge is -2.47. The second-order valence-corrected chi connectivity index (χ2v) is 7.60. The number of rotatable bonds is 7. The van der Waals surface area contributed by atoms with Crippen LogP contribution in [0.25, 0.3) is 0 Å². The maximum absolute atomic E-state index is 6.31. The molecule has 0 bridgehead atoms. The number of ether oxygens (including phenoxy) is 1. The van der Waals surface area contributed by atoms with Crippen LogP contribution < -0.4 is 0 Å². The Morgan fingerprint density at radius 3 is 2.67 bits per heavy atom. The van der Waals surface area contributed by atoms with Gasteiger partial charge in [0.1, 0.15) is 0 Å². The third-order valence-electron chi connectivity index (χ3n) is 5.63. The van der Waals surface area contributed by atoms with Gasteiger partial charge in [-0.05, 0) is 31.4 Å². The average molecular weight is 368 g/mol. The topological polar surface area (TPSA) is 28.1 Å². The summed E-state index contributed by atoms with van der Waals surface area (Å²) in [6.45, 7) is 13.0. The summed E-state index contributed by atoms with van der Waals surface area (Å²) < 4.78 is 6.31. The van der Waals surface area contributed by atoms with Crippen molar-refractivity contribution >= 4 is 6.21 Å². The lowest BCUT2D eigenvalue weighted by atomic mass is 9.89. The summed E-state index contributed by atoms with van der Waals surface area (Å²) in [7, 11) is 0. The molecule has 0 aromatic heterocycles. The maximum Gasteiger partial charge on any atom is 0.0833 e. The van der Waals surface area contributed by atoms with Crippen molar-refractivity contribution in [2.24, 2.45) is 4.99 Å². The molecule has 2 aliphatic rings. The highest BCUT2D eigenvalue weighted by Gasteiger charge is 2.39. The maximum atomic E-state index is 6.31. The third kappa shape index (κ3) is 5.86. The van der Waals surface area contributed by atoms with Crippen molar-refractivity contribution < 1.29 is 4.74 Å². The molecule has 2 fully saturated rings. The second kappa shape index (κ2) is 9.98. The lowest BCUT2D eigenvalue weighted by molar-refractivity contribution is -0.137. The van der Waals surface area contributed by atoms with E-state index in [2.05, 4.69) is 51.7 Å². The third-order valence-corrected chi connectivity index (χ3v) is 5.63. The van der Waals surface area contributed by atoms with Gasteiger partial charge in [-0.1, -0.05) is 43.0 Å². The van der Waals surface area contributed by atoms with Gasteiger partial charge in [-0.25, -0.2) is 0 Å². The van der Waals surface area contributed by atoms with Crippen LogP contribution in [0.1, 0.15) is 31.7 Å². The first-order valence-electron chi connectivity index (χ1n) is 10.2. The minimum absolute atomic E-state index is 0.0465. The molecule has 0 atom stereocenters. The van der Waals surface area contributed by atoms with Gasteiger partial charge in [0.2, 0.25) is 0 Å². The second-order valence-electron chi connectivity index (χ2n) is 7.60. The zero-order valence-electron chi connectivity index (χ0n) is 16.6. The minimum Gasteiger partial charge on any atom is -0.372 e. The lowest BCUT2D eigenvalue weighted by Crippen LogP contribution is -2.56. The zero-order valence-corrected chi connectivity index (χ0v) is 16.6. The number of morpholine rings is 1. The SMILES string of the molecule is C=C/C=C(/CCN1CCC2(CC1)CN(Cc1ccccc1)CCO2)N=CC. The summed E-state index contributed by atoms with van der Waals surface area (Å²) in [6, 6.07) is 10.8. The van der Waals surface area contributed by atoms with Crippen molar-refractivity contribution in [2.75, 3.05) is 39.3 Å². The molecule has 3 rings (SSSR count). The Labute approximate surface area is 164 Å². The van der Waals surface area contributed by atoms with E-state index in [0.29, 0.717) is 0 Å². The van der Waals surface area contributed by atoms with Crippen LogP contribution in [0.3, 0.4) is 0 Å². The fourth-order valence-corrected chi connectivity index (χ4v) is 4.15. The van der Waals surface area contributed by atoms with Crippen molar-refractivity contribution in [1.29, 1.82) is 0 Å². The molecule has 1 spiro atoms. The van der Waals surface area contributed by atoms with E-state index in [4.69, 9.17) is 4.74 Å². The molecule has 1 aromatic rings. The molecule has 0 aliphatic carbocycles. The molecule has 2 aliphatic heterocycles. The van der Waals surface area contributed by atoms with E-state index in [-0.39, 0.29) is 5.60 Å². The van der Waals surface area contributed by atoms with Gasteiger partial charge in [-0.15, -0.1) is 0 Å². The largest absolute Gasteiger partial charge is 0.372 e. The van der Waals surface area contributed by atoms with Crippen LogP contribution in [-0.4, -0.2) is 60.9 Å². The van der Waals surface area contributed by atoms with E-state index < -0.39 is 0 Å². The van der Waals surface area contributed by atoms with Crippen molar-refractivity contribution in [3.8, 4) is 0 Å². The fourth-order valence-electron chi connectivity index (χ4n) is 4.15. The van der Waals surface area contributed by atoms with Crippen molar-refractivity contribution in [2.45, 2.75) is 38.3 Å². The number of aliphatic imine (C=N–C) groups is 1. The predicted molar refractivity (Wildman–Crippen MR) is 113 cm³/mol. The first-order valence-corrected chi connectivity index (χ1v) is 10.2. The molecular weight excluding hydrogens is 334 g/mol. The Morgan fingerprint density at radius 2 is 1.96 bits per heavy atom. The molecule has 0 saturated carbocycles. The molecule has 0 unspecified atom stereocenters. The summed E-state index contributed by atoms with van der Waals surface area (Å²) in [5, 5.41) is 0. The van der Waals surface area contributed by atoms with Crippen molar-refractivity contribution in [3.05, 3.63) is 60.3 Å². The average Bonchev–Trinajstić information content (AvgIpc) is 2.69. The Kier molecular flexibility index (Phi) is 7.39. The molecule has 0 amide bonds. The van der Waals surface area contributed by atoms with E-state index in [1.54, 1.807) is 0 Å². The fraction of sp³-hybridized carbons (Fsp3) is 0.522. The van der Waals surface area contributed by atoms with Gasteiger partial charge in [-0.3, -0.25) is 9.89 Å². The van der Waals surface area contributed by atoms with E-state index >= 15 is 0 Å². The van der Waals surface area contributed by atoms with Crippen LogP contribution in [0.4, 0.5) is 0 Å². The van der Waals surface area contributed by atoms with E-state index in [9.17, 15) is 0 Å². The molecule has 4 heteroatoms. The number of hydrogen-bond donors (Lipinski definition) is 0. The van der Waals surface area contributed by atoms with Crippen LogP contribution in [0.15, 0.2) is 59.8 Å². The molecular formula is C23H33N3O. The Morgan fingerprint density at radius 1 is 1.19 bits per heavy atom. The molecule has 2 heterocycles. The number of likely N-dealkylation sites (tertiary alicyclic amines) is 1. The number of nitrogens with zero attached hydrogens (tertiary/aromatic N) is 3. The summed E-state index contributed by atoms with van der Waals surface area (Å²) in [6.07, 6.45) is 8.91. The monoisotopic (exact) mass is 367 g/mol. The Bertz CT molecular complexity index is 645. The highest BCUT2D eigenvalue weighted by molar-refractivity contribution is 5.55. The van der Waals surface area contributed by atoms with E-state index in [1.807, 2.05) is 25.3 Å². The molecule has 4 nitrogen and oxygen atoms in total. The summed E-state index contributed by atoms with van der Waals surface area (Å²) >= 11 is 0. The van der Waals surface area contributed by atoms with Crippen LogP contribution in [0, 0.1) is 0 Å². The highest BCUT2D eigenvalue weighted by atomic mass is 16.5. The number of hydrogen-bond acceptors (Lipinski definition) is 4. The zero-order chi connectivity index (χ0) is 19.0. The van der Waals surface area contributed by atoms with Gasteiger partial charge in [0.25, 0.3) is 0 Å². The summed E-state index contributed by atoms with van der Waals surface area (Å²) in [5.74, 6) is 0. The smallest absolute Gasteiger partial charge is 0.0833 e. The molecule has 0 radical (unpaired) electrons. The Hall–Kier alpha value is -1.75. The molecule has 27 heavy (non-hydrogen) atoms. The van der Waals surface area contributed by atoms with E-state index in [1.165, 1.54) is 5.56 Å². The van der Waals surface area contributed by atoms with Crippen LogP contribution in [0.5, 0.6) is 0 Å². The van der Waals surface area contributed by atoms with Gasteiger partial charge in [0.05, 0.1) is 12.2 Å². The molecule has 2 saturated heterocycles. The van der Waals surface area contributed by atoms with Gasteiger partial charge >= 0.3 is 0 Å². The molecule has 146 valence electrons. The molecule has 1 aromatic carbocycles. The van der Waals surface area contributed by atoms with Gasteiger partial charge < -0.3 is 9.64 Å². The van der Waals surface area contributed by atoms with Crippen LogP contribution >= 0.6 is 0 Å². The summed E-state index contributed by atoms with van der Waals surface area (Å²) in [4.78, 5) is 9.55. The normalized spacial score (nSPS) is 21.7. The van der Waals surface area contributed by atoms with Gasteiger partial charge in [0.15, 0.2) is 0 Å². The molecule has 0 N–H and O–H groups in total. The minimum atomic E-state index is 0.0465. The van der Waals surface area contributed by atoms with Gasteiger partial charge in [-0.2, -0.15) is 0 Å². The predicted octanol–water partition coefficient (Wildman–Crippen LogP) is 3.90. The first-order chi connectivity index (χ1) is 13.2. The summed E-state index contributed by atoms with van der Waals surface area (Å²) in [5.41, 5.74) is 2.55. The number of benzene rings is 1. The number of piperidine rings is 1. The van der Waals surface area contributed by atoms with Gasteiger partial charge in [0, 0.05) is 57.6 Å². The highest BCUT2D eigenvalue weighted by Crippen LogP contribution is 2.31. The Balaban J connectivity index is 1.48. The van der Waals surface area contributed by atoms with Crippen molar-refractivity contribution in [3.63, 3.8) is 0 Å². The van der Waals surface area contributed by atoms with E-state index in [0.717, 1.165) is 70.8 Å². The van der Waals surface area contributed by atoms with Crippen LogP contribution in [0.2, 0.25) is 0 Å². The first kappa shape index (κ1) is 20.0. The standard InChI is InChI=1S/C23H33N3O/c1-3-8-22(24-4-2)11-14-25-15-12-23(13-16-25)20-26(17-18-27-23)19-21-9-6-5-7-10-21/h3-10H,1,11-20H2,2H3/b22-8-,24-4?. The van der Waals surface area contributed by atoms with Crippen LogP contribution in [-0.2, 0) is 11.3 Å². The number of allylic oxidation sites excluding steroid dienone is 2. The van der Waals surface area contributed by atoms with Crippen molar-refractivity contribution in [1.82, 2.24) is 9.80 Å². The quantitative estimate of drug-likeness (QED) is 0.540.